The second kappa shape index (κ2) is 6.87. The molecule has 0 amide bonds. The molecule has 0 spiro atoms. The zero-order chi connectivity index (χ0) is 16.3. The van der Waals surface area contributed by atoms with Gasteiger partial charge in [-0.1, -0.05) is 29.8 Å². The molecule has 118 valence electrons. The number of nitrogens with zero attached hydrogens (tertiary/aromatic N) is 1. The number of carbonyl (C=O) groups is 2. The zero-order valence-electron chi connectivity index (χ0n) is 12.3. The fourth-order valence-electron chi connectivity index (χ4n) is 2.30. The second-order valence-corrected chi connectivity index (χ2v) is 5.29. The molecule has 1 aliphatic rings. The van der Waals surface area contributed by atoms with Crippen LogP contribution in [0, 0.1) is 6.92 Å². The Morgan fingerprint density at radius 2 is 1.77 bits per heavy atom. The van der Waals surface area contributed by atoms with Crippen LogP contribution >= 0.6 is 0 Å². The molecule has 0 aromatic heterocycles. The minimum atomic E-state index is -2.84. The van der Waals surface area contributed by atoms with E-state index in [9.17, 15) is 18.4 Å². The average Bonchev–Trinajstić information content (AvgIpc) is 2.36. The van der Waals surface area contributed by atoms with Crippen LogP contribution in [0.15, 0.2) is 24.3 Å². The summed E-state index contributed by atoms with van der Waals surface area (Å²) in [5.74, 6) is -2.94. The van der Waals surface area contributed by atoms with Gasteiger partial charge >= 0.3 is 19.1 Å². The lowest BCUT2D eigenvalue weighted by atomic mass is 9.67. The molecule has 1 saturated heterocycles. The van der Waals surface area contributed by atoms with Crippen molar-refractivity contribution >= 4 is 19.1 Å². The molecule has 0 bridgehead atoms. The molecule has 1 aliphatic heterocycles. The lowest BCUT2D eigenvalue weighted by Gasteiger charge is -2.27. The van der Waals surface area contributed by atoms with E-state index >= 15 is 0 Å². The highest BCUT2D eigenvalue weighted by Gasteiger charge is 2.45. The molecule has 1 unspecified atom stereocenters. The molecule has 1 fully saturated rings. The Kier molecular flexibility index (Phi) is 5.13. The van der Waals surface area contributed by atoms with Gasteiger partial charge in [0.2, 0.25) is 6.43 Å². The van der Waals surface area contributed by atoms with Gasteiger partial charge in [0, 0.05) is 0 Å². The highest BCUT2D eigenvalue weighted by molar-refractivity contribution is 6.51. The minimum Gasteiger partial charge on any atom is -0.498 e. The van der Waals surface area contributed by atoms with Crippen LogP contribution < -0.4 is 0 Å². The van der Waals surface area contributed by atoms with E-state index in [4.69, 9.17) is 9.31 Å². The van der Waals surface area contributed by atoms with Crippen molar-refractivity contribution in [2.45, 2.75) is 19.2 Å². The van der Waals surface area contributed by atoms with Crippen LogP contribution in [0.3, 0.4) is 0 Å². The maximum absolute atomic E-state index is 13.5. The molecule has 1 atom stereocenters. The van der Waals surface area contributed by atoms with E-state index in [0.29, 0.717) is 0 Å². The van der Waals surface area contributed by atoms with Crippen molar-refractivity contribution in [2.24, 2.45) is 0 Å². The lowest BCUT2D eigenvalue weighted by molar-refractivity contribution is -0.146. The Bertz CT molecular complexity index is 550. The number of hydrogen-bond acceptors (Lipinski definition) is 5. The van der Waals surface area contributed by atoms with Gasteiger partial charge in [-0.3, -0.25) is 14.5 Å². The first-order chi connectivity index (χ1) is 10.4. The third-order valence-electron chi connectivity index (χ3n) is 3.28. The Balaban J connectivity index is 2.30. The maximum Gasteiger partial charge on any atom is 0.612 e. The van der Waals surface area contributed by atoms with E-state index in [-0.39, 0.29) is 18.7 Å². The van der Waals surface area contributed by atoms with E-state index in [2.05, 4.69) is 0 Å². The lowest BCUT2D eigenvalue weighted by Crippen LogP contribution is -2.46. The standard InChI is InChI=1S/C14H16BF2NO4/c1-9-4-3-5-10(6-9)13(14(16)17)15-21-11(19)7-18(2)8-12(20)22-15/h3-6,13-14H,7-8H2,1-2H3. The van der Waals surface area contributed by atoms with Crippen LogP contribution in [0.1, 0.15) is 16.9 Å². The Hall–Kier alpha value is -1.96. The number of hydrogen-bond donors (Lipinski definition) is 0. The van der Waals surface area contributed by atoms with Gasteiger partial charge in [-0.2, -0.15) is 0 Å². The van der Waals surface area contributed by atoms with E-state index in [1.54, 1.807) is 25.1 Å². The molecular formula is C14H16BF2NO4. The molecule has 1 heterocycles. The summed E-state index contributed by atoms with van der Waals surface area (Å²) in [6.45, 7) is 1.45. The van der Waals surface area contributed by atoms with Crippen LogP contribution in [-0.4, -0.2) is 50.5 Å². The van der Waals surface area contributed by atoms with E-state index < -0.39 is 31.3 Å². The van der Waals surface area contributed by atoms with Gasteiger partial charge in [0.1, 0.15) is 5.82 Å². The van der Waals surface area contributed by atoms with Gasteiger partial charge in [-0.05, 0) is 19.5 Å². The second-order valence-electron chi connectivity index (χ2n) is 5.29. The summed E-state index contributed by atoms with van der Waals surface area (Å²) >= 11 is 0. The zero-order valence-corrected chi connectivity index (χ0v) is 12.3. The molecule has 1 aromatic rings. The van der Waals surface area contributed by atoms with Crippen molar-refractivity contribution in [1.82, 2.24) is 4.90 Å². The topological polar surface area (TPSA) is 55.8 Å². The molecule has 2 rings (SSSR count). The summed E-state index contributed by atoms with van der Waals surface area (Å²) in [5.41, 5.74) is 1.04. The number of aryl methyl sites for hydroxylation is 1. The molecule has 0 aliphatic carbocycles. The van der Waals surface area contributed by atoms with Gasteiger partial charge < -0.3 is 9.31 Å². The first kappa shape index (κ1) is 16.4. The van der Waals surface area contributed by atoms with Gasteiger partial charge in [0.25, 0.3) is 0 Å². The van der Waals surface area contributed by atoms with Crippen molar-refractivity contribution in [3.63, 3.8) is 0 Å². The Labute approximate surface area is 127 Å². The smallest absolute Gasteiger partial charge is 0.498 e. The number of alkyl halides is 2. The number of benzene rings is 1. The van der Waals surface area contributed by atoms with Gasteiger partial charge in [-0.25, -0.2) is 8.78 Å². The van der Waals surface area contributed by atoms with E-state index in [1.807, 2.05) is 0 Å². The van der Waals surface area contributed by atoms with Crippen LogP contribution in [0.4, 0.5) is 8.78 Å². The van der Waals surface area contributed by atoms with E-state index in [0.717, 1.165) is 5.56 Å². The van der Waals surface area contributed by atoms with Crippen molar-refractivity contribution in [3.05, 3.63) is 35.4 Å². The van der Waals surface area contributed by atoms with Crippen molar-refractivity contribution in [3.8, 4) is 0 Å². The fraction of sp³-hybridized carbons (Fsp3) is 0.429. The highest BCUT2D eigenvalue weighted by Crippen LogP contribution is 2.28. The molecule has 0 radical (unpaired) electrons. The third kappa shape index (κ3) is 4.04. The molecule has 5 nitrogen and oxygen atoms in total. The minimum absolute atomic E-state index is 0.157. The molecular weight excluding hydrogens is 295 g/mol. The fourth-order valence-corrected chi connectivity index (χ4v) is 2.30. The third-order valence-corrected chi connectivity index (χ3v) is 3.28. The number of halogens is 2. The normalized spacial score (nSPS) is 18.5. The summed E-state index contributed by atoms with van der Waals surface area (Å²) in [6, 6.07) is 6.44. The summed E-state index contributed by atoms with van der Waals surface area (Å²) in [5, 5.41) is 0. The van der Waals surface area contributed by atoms with Crippen LogP contribution in [0.25, 0.3) is 0 Å². The first-order valence-corrected chi connectivity index (χ1v) is 6.79. The Morgan fingerprint density at radius 3 is 2.27 bits per heavy atom. The largest absolute Gasteiger partial charge is 0.612 e. The van der Waals surface area contributed by atoms with Crippen LogP contribution in [0.2, 0.25) is 0 Å². The molecule has 1 aromatic carbocycles. The molecule has 8 heteroatoms. The van der Waals surface area contributed by atoms with Crippen molar-refractivity contribution in [2.75, 3.05) is 20.1 Å². The van der Waals surface area contributed by atoms with Crippen LogP contribution in [0.5, 0.6) is 0 Å². The Morgan fingerprint density at radius 1 is 1.18 bits per heavy atom. The number of likely N-dealkylation sites (N-methyl/N-ethyl adjacent to an activating group) is 1. The predicted molar refractivity (Wildman–Crippen MR) is 75.4 cm³/mol. The maximum atomic E-state index is 13.5. The highest BCUT2D eigenvalue weighted by atomic mass is 19.3. The van der Waals surface area contributed by atoms with Crippen molar-refractivity contribution in [1.29, 1.82) is 0 Å². The quantitative estimate of drug-likeness (QED) is 0.790. The van der Waals surface area contributed by atoms with E-state index in [1.165, 1.54) is 18.0 Å². The van der Waals surface area contributed by atoms with Gasteiger partial charge in [-0.15, -0.1) is 0 Å². The van der Waals surface area contributed by atoms with Gasteiger partial charge in [0.05, 0.1) is 13.1 Å². The predicted octanol–water partition coefficient (Wildman–Crippen LogP) is 1.40. The first-order valence-electron chi connectivity index (χ1n) is 6.79. The molecule has 0 saturated carbocycles. The van der Waals surface area contributed by atoms with Crippen LogP contribution in [-0.2, 0) is 18.9 Å². The summed E-state index contributed by atoms with van der Waals surface area (Å²) in [6.07, 6.45) is -2.84. The average molecular weight is 311 g/mol. The number of carbonyl (C=O) groups excluding carboxylic acids is 2. The molecule has 22 heavy (non-hydrogen) atoms. The molecule has 0 N–H and O–H groups in total. The number of rotatable bonds is 3. The van der Waals surface area contributed by atoms with Gasteiger partial charge in [0.15, 0.2) is 0 Å². The van der Waals surface area contributed by atoms with Crippen molar-refractivity contribution < 1.29 is 27.7 Å². The summed E-state index contributed by atoms with van der Waals surface area (Å²) in [7, 11) is -0.0935. The summed E-state index contributed by atoms with van der Waals surface area (Å²) < 4.78 is 36.8. The monoisotopic (exact) mass is 311 g/mol. The SMILES string of the molecule is Cc1cccc(C(B2OC(=O)CN(C)CC(=O)O2)C(F)F)c1. The summed E-state index contributed by atoms with van der Waals surface area (Å²) in [4.78, 5) is 24.8.